The molecule has 0 aliphatic rings. The Labute approximate surface area is 531 Å². The topological polar surface area (TPSA) is 108 Å². The second kappa shape index (κ2) is 66.1. The Balaban J connectivity index is 3.96. The molecule has 0 fully saturated rings. The van der Waals surface area contributed by atoms with Crippen LogP contribution in [0.1, 0.15) is 309 Å². The van der Waals surface area contributed by atoms with Gasteiger partial charge in [0.25, 0.3) is 0 Å². The molecule has 0 aromatic heterocycles. The SMILES string of the molecule is CC/C=C\C/C=C\C/C=C\C/C=C\C/C=C\CCCCCCCCCC(=O)OC(COC(=O)CCCCCCCCCCCCCCCCCCCCCCCCCCCC/C=C\C/C=C\C/C=C\C/C=C\CC)COP(=O)(O)OCC[N+](C)(C)C. The summed E-state index contributed by atoms with van der Waals surface area (Å²) < 4.78 is 34.7. The normalized spacial score (nSPS) is 13.8. The molecule has 496 valence electrons. The molecule has 0 aliphatic heterocycles. The van der Waals surface area contributed by atoms with E-state index in [1.165, 1.54) is 173 Å². The highest BCUT2D eigenvalue weighted by molar-refractivity contribution is 7.47. The molecule has 0 bridgehead atoms. The molecule has 86 heavy (non-hydrogen) atoms. The fourth-order valence-corrected chi connectivity index (χ4v) is 10.7. The maximum absolute atomic E-state index is 12.9. The van der Waals surface area contributed by atoms with Gasteiger partial charge in [-0.1, -0.05) is 309 Å². The van der Waals surface area contributed by atoms with Gasteiger partial charge in [0.1, 0.15) is 19.8 Å². The van der Waals surface area contributed by atoms with Crippen LogP contribution in [0.15, 0.2) is 109 Å². The van der Waals surface area contributed by atoms with Crippen LogP contribution < -0.4 is 0 Å². The van der Waals surface area contributed by atoms with Crippen LogP contribution in [0.3, 0.4) is 0 Å². The van der Waals surface area contributed by atoms with Crippen molar-refractivity contribution >= 4 is 19.8 Å². The van der Waals surface area contributed by atoms with Crippen LogP contribution in [0.4, 0.5) is 0 Å². The number of likely N-dealkylation sites (N-methyl/N-ethyl adjacent to an activating group) is 1. The van der Waals surface area contributed by atoms with Crippen molar-refractivity contribution in [3.05, 3.63) is 109 Å². The Morgan fingerprint density at radius 3 is 0.930 bits per heavy atom. The maximum Gasteiger partial charge on any atom is 0.472 e. The van der Waals surface area contributed by atoms with Crippen LogP contribution in [-0.4, -0.2) is 74.9 Å². The van der Waals surface area contributed by atoms with Gasteiger partial charge in [0.15, 0.2) is 6.10 Å². The lowest BCUT2D eigenvalue weighted by molar-refractivity contribution is -0.870. The van der Waals surface area contributed by atoms with Gasteiger partial charge >= 0.3 is 19.8 Å². The second-order valence-electron chi connectivity index (χ2n) is 24.9. The molecule has 0 spiro atoms. The van der Waals surface area contributed by atoms with Gasteiger partial charge in [0.05, 0.1) is 27.7 Å². The summed E-state index contributed by atoms with van der Waals surface area (Å²) in [6.45, 7) is 4.22. The molecule has 2 atom stereocenters. The fourth-order valence-electron chi connectivity index (χ4n) is 9.92. The van der Waals surface area contributed by atoms with Crippen LogP contribution in [0.25, 0.3) is 0 Å². The van der Waals surface area contributed by atoms with E-state index in [1.807, 2.05) is 21.1 Å². The molecular weight excluding hydrogens is 1090 g/mol. The summed E-state index contributed by atoms with van der Waals surface area (Å²) in [6.07, 6.45) is 93.5. The molecule has 9 nitrogen and oxygen atoms in total. The molecule has 0 aliphatic carbocycles. The van der Waals surface area contributed by atoms with E-state index in [1.54, 1.807) is 0 Å². The summed E-state index contributed by atoms with van der Waals surface area (Å²) in [5.74, 6) is -0.803. The maximum atomic E-state index is 12.9. The lowest BCUT2D eigenvalue weighted by Crippen LogP contribution is -2.37. The van der Waals surface area contributed by atoms with Crippen LogP contribution in [0, 0.1) is 0 Å². The minimum absolute atomic E-state index is 0.0264. The first kappa shape index (κ1) is 82.7. The average Bonchev–Trinajstić information content (AvgIpc) is 3.56. The Bertz CT molecular complexity index is 1820. The molecule has 0 aromatic carbocycles. The third-order valence-electron chi connectivity index (χ3n) is 15.3. The summed E-state index contributed by atoms with van der Waals surface area (Å²) in [6, 6.07) is 0. The van der Waals surface area contributed by atoms with Crippen LogP contribution in [0.2, 0.25) is 0 Å². The first-order valence-electron chi connectivity index (χ1n) is 35.6. The van der Waals surface area contributed by atoms with Gasteiger partial charge in [-0.2, -0.15) is 0 Å². The molecule has 1 N–H and O–H groups in total. The zero-order valence-electron chi connectivity index (χ0n) is 56.5. The van der Waals surface area contributed by atoms with Crippen LogP contribution in [0.5, 0.6) is 0 Å². The Morgan fingerprint density at radius 2 is 0.628 bits per heavy atom. The van der Waals surface area contributed by atoms with Crippen molar-refractivity contribution in [3.63, 3.8) is 0 Å². The van der Waals surface area contributed by atoms with E-state index in [4.69, 9.17) is 18.5 Å². The lowest BCUT2D eigenvalue weighted by atomic mass is 10.0. The zero-order chi connectivity index (χ0) is 62.6. The summed E-state index contributed by atoms with van der Waals surface area (Å²) in [4.78, 5) is 35.9. The van der Waals surface area contributed by atoms with Gasteiger partial charge in [0.2, 0.25) is 0 Å². The molecule has 0 aromatic rings. The number of esters is 2. The molecule has 0 heterocycles. The van der Waals surface area contributed by atoms with E-state index in [9.17, 15) is 19.0 Å². The number of carbonyl (C=O) groups is 2. The van der Waals surface area contributed by atoms with Gasteiger partial charge in [-0.3, -0.25) is 18.6 Å². The predicted octanol–water partition coefficient (Wildman–Crippen LogP) is 23.3. The Morgan fingerprint density at radius 1 is 0.360 bits per heavy atom. The molecule has 10 heteroatoms. The van der Waals surface area contributed by atoms with Gasteiger partial charge < -0.3 is 18.9 Å². The van der Waals surface area contributed by atoms with Crippen molar-refractivity contribution in [2.24, 2.45) is 0 Å². The van der Waals surface area contributed by atoms with Gasteiger partial charge in [0, 0.05) is 12.8 Å². The lowest BCUT2D eigenvalue weighted by Gasteiger charge is -2.24. The highest BCUT2D eigenvalue weighted by atomic mass is 31.2. The number of ether oxygens (including phenoxy) is 2. The van der Waals surface area contributed by atoms with E-state index < -0.39 is 26.5 Å². The van der Waals surface area contributed by atoms with E-state index in [2.05, 4.69) is 123 Å². The summed E-state index contributed by atoms with van der Waals surface area (Å²) in [5, 5.41) is 0. The van der Waals surface area contributed by atoms with Crippen LogP contribution in [-0.2, 0) is 32.7 Å². The van der Waals surface area contributed by atoms with Crippen molar-refractivity contribution in [2.75, 3.05) is 47.5 Å². The van der Waals surface area contributed by atoms with E-state index >= 15 is 0 Å². The standard InChI is InChI=1S/C76H134NO8P/c1-6-8-10-12-14-16-18-20-22-24-26-28-30-31-32-33-34-35-36-37-38-39-40-41-42-43-44-45-47-48-50-52-54-56-58-60-62-64-66-68-75(78)82-72-74(73-84-86(80,81)83-71-70-77(3,4)5)85-76(79)69-67-65-63-61-59-57-55-53-51-49-46-29-27-25-23-21-19-17-15-13-11-9-7-2/h8-11,14-17,20-23,26-29,49,51,74H,6-7,12-13,18-19,24-25,30-48,50,52-73H2,1-5H3/p+1/b10-8-,11-9-,16-14-,17-15-,22-20-,23-21-,28-26-,29-27-,51-49-. The summed E-state index contributed by atoms with van der Waals surface area (Å²) in [5.41, 5.74) is 0. The molecule has 0 saturated carbocycles. The van der Waals surface area contributed by atoms with Crippen LogP contribution >= 0.6 is 7.82 Å². The molecule has 0 rings (SSSR count). The molecule has 0 amide bonds. The van der Waals surface area contributed by atoms with E-state index in [0.717, 1.165) is 103 Å². The minimum atomic E-state index is -4.40. The molecule has 0 radical (unpaired) electrons. The minimum Gasteiger partial charge on any atom is -0.462 e. The number of phosphoric acid groups is 1. The Hall–Kier alpha value is -3.33. The van der Waals surface area contributed by atoms with Crippen molar-refractivity contribution < 1.29 is 42.1 Å². The van der Waals surface area contributed by atoms with Crippen molar-refractivity contribution in [3.8, 4) is 0 Å². The van der Waals surface area contributed by atoms with Gasteiger partial charge in [-0.05, 0) is 96.3 Å². The number of nitrogens with zero attached hydrogens (tertiary/aromatic N) is 1. The fraction of sp³-hybridized carbons (Fsp3) is 0.737. The number of phosphoric ester groups is 1. The quantitative estimate of drug-likeness (QED) is 0.0211. The van der Waals surface area contributed by atoms with E-state index in [-0.39, 0.29) is 32.0 Å². The average molecular weight is 1220 g/mol. The number of quaternary nitrogens is 1. The monoisotopic (exact) mass is 1220 g/mol. The second-order valence-corrected chi connectivity index (χ2v) is 26.3. The number of allylic oxidation sites excluding steroid dienone is 18. The van der Waals surface area contributed by atoms with Crippen molar-refractivity contribution in [1.29, 1.82) is 0 Å². The number of hydrogen-bond donors (Lipinski definition) is 1. The molecule has 2 unspecified atom stereocenters. The largest absolute Gasteiger partial charge is 0.472 e. The highest BCUT2D eigenvalue weighted by Crippen LogP contribution is 2.43. The van der Waals surface area contributed by atoms with Gasteiger partial charge in [-0.25, -0.2) is 4.57 Å². The first-order valence-corrected chi connectivity index (χ1v) is 37.1. The zero-order valence-corrected chi connectivity index (χ0v) is 57.4. The number of carbonyl (C=O) groups excluding carboxylic acids is 2. The third-order valence-corrected chi connectivity index (χ3v) is 16.3. The summed E-state index contributed by atoms with van der Waals surface area (Å²) in [7, 11) is 1.47. The first-order chi connectivity index (χ1) is 42.0. The highest BCUT2D eigenvalue weighted by Gasteiger charge is 2.27. The van der Waals surface area contributed by atoms with Gasteiger partial charge in [-0.15, -0.1) is 0 Å². The van der Waals surface area contributed by atoms with Crippen molar-refractivity contribution in [2.45, 2.75) is 315 Å². The molecule has 0 saturated heterocycles. The predicted molar refractivity (Wildman–Crippen MR) is 371 cm³/mol. The number of rotatable bonds is 65. The van der Waals surface area contributed by atoms with Crippen molar-refractivity contribution in [1.82, 2.24) is 0 Å². The number of hydrogen-bond acceptors (Lipinski definition) is 7. The summed E-state index contributed by atoms with van der Waals surface area (Å²) >= 11 is 0. The Kier molecular flexibility index (Phi) is 63.5. The number of unbranched alkanes of at least 4 members (excludes halogenated alkanes) is 33. The molecular formula is C76H135NO8P+. The third kappa shape index (κ3) is 69.8. The smallest absolute Gasteiger partial charge is 0.462 e. The van der Waals surface area contributed by atoms with E-state index in [0.29, 0.717) is 17.4 Å².